The van der Waals surface area contributed by atoms with Gasteiger partial charge in [-0.1, -0.05) is 29.8 Å². The standard InChI is InChI=1S/C17H20N4O3/c1-11-4-6-12(7-5-11)10-21-13(8-9-14(21)22)15-18-16(23-2)20-17(19-15)24-3/h4-7,13H,8-10H2,1-3H3. The van der Waals surface area contributed by atoms with Crippen LogP contribution in [0.2, 0.25) is 0 Å². The van der Waals surface area contributed by atoms with Gasteiger partial charge in [0.1, 0.15) is 0 Å². The second-order valence-corrected chi connectivity index (χ2v) is 5.73. The Morgan fingerprint density at radius 3 is 2.29 bits per heavy atom. The van der Waals surface area contributed by atoms with Crippen LogP contribution < -0.4 is 9.47 Å². The zero-order chi connectivity index (χ0) is 17.1. The third-order valence-corrected chi connectivity index (χ3v) is 4.08. The zero-order valence-corrected chi connectivity index (χ0v) is 14.0. The van der Waals surface area contributed by atoms with Gasteiger partial charge < -0.3 is 14.4 Å². The molecule has 1 amide bonds. The first-order chi connectivity index (χ1) is 11.6. The van der Waals surface area contributed by atoms with Crippen molar-refractivity contribution in [2.45, 2.75) is 32.4 Å². The highest BCUT2D eigenvalue weighted by Crippen LogP contribution is 2.33. The van der Waals surface area contributed by atoms with Crippen molar-refractivity contribution in [2.75, 3.05) is 14.2 Å². The Kier molecular flexibility index (Phi) is 4.59. The van der Waals surface area contributed by atoms with E-state index in [0.717, 1.165) is 5.56 Å². The molecule has 3 rings (SSSR count). The molecule has 0 N–H and O–H groups in total. The second kappa shape index (κ2) is 6.82. The number of likely N-dealkylation sites (tertiary alicyclic amines) is 1. The van der Waals surface area contributed by atoms with Crippen molar-refractivity contribution in [1.82, 2.24) is 19.9 Å². The Labute approximate surface area is 140 Å². The molecule has 0 saturated carbocycles. The lowest BCUT2D eigenvalue weighted by Crippen LogP contribution is -2.28. The summed E-state index contributed by atoms with van der Waals surface area (Å²) in [5.74, 6) is 0.593. The fourth-order valence-corrected chi connectivity index (χ4v) is 2.77. The normalized spacial score (nSPS) is 17.2. The molecule has 0 aliphatic carbocycles. The van der Waals surface area contributed by atoms with Crippen LogP contribution in [0.1, 0.15) is 35.8 Å². The smallest absolute Gasteiger partial charge is 0.322 e. The highest BCUT2D eigenvalue weighted by Gasteiger charge is 2.34. The lowest BCUT2D eigenvalue weighted by molar-refractivity contribution is -0.129. The van der Waals surface area contributed by atoms with Crippen LogP contribution in [0.4, 0.5) is 0 Å². The number of aromatic nitrogens is 3. The summed E-state index contributed by atoms with van der Waals surface area (Å²) < 4.78 is 10.2. The van der Waals surface area contributed by atoms with E-state index in [2.05, 4.69) is 15.0 Å². The lowest BCUT2D eigenvalue weighted by Gasteiger charge is -2.24. The first-order valence-corrected chi connectivity index (χ1v) is 7.79. The summed E-state index contributed by atoms with van der Waals surface area (Å²) in [4.78, 5) is 26.8. The highest BCUT2D eigenvalue weighted by atomic mass is 16.5. The van der Waals surface area contributed by atoms with Crippen LogP contribution in [0.5, 0.6) is 12.0 Å². The number of hydrogen-bond acceptors (Lipinski definition) is 6. The van der Waals surface area contributed by atoms with Gasteiger partial charge in [-0.25, -0.2) is 0 Å². The molecule has 1 aromatic carbocycles. The summed E-state index contributed by atoms with van der Waals surface area (Å²) in [6.45, 7) is 2.57. The lowest BCUT2D eigenvalue weighted by atomic mass is 10.1. The molecule has 126 valence electrons. The zero-order valence-electron chi connectivity index (χ0n) is 14.0. The molecule has 1 aliphatic heterocycles. The number of aryl methyl sites for hydroxylation is 1. The average Bonchev–Trinajstić information content (AvgIpc) is 2.97. The summed E-state index contributed by atoms with van der Waals surface area (Å²) in [7, 11) is 2.98. The van der Waals surface area contributed by atoms with Gasteiger partial charge in [0.25, 0.3) is 0 Å². The Hall–Kier alpha value is -2.70. The largest absolute Gasteiger partial charge is 0.467 e. The quantitative estimate of drug-likeness (QED) is 0.836. The molecule has 1 aliphatic rings. The van der Waals surface area contributed by atoms with Crippen LogP contribution in [-0.4, -0.2) is 40.0 Å². The van der Waals surface area contributed by atoms with Gasteiger partial charge in [0.2, 0.25) is 5.91 Å². The van der Waals surface area contributed by atoms with Crippen molar-refractivity contribution in [3.63, 3.8) is 0 Å². The van der Waals surface area contributed by atoms with Gasteiger partial charge in [-0.3, -0.25) is 4.79 Å². The molecular weight excluding hydrogens is 308 g/mol. The summed E-state index contributed by atoms with van der Waals surface area (Å²) in [5.41, 5.74) is 2.27. The molecule has 24 heavy (non-hydrogen) atoms. The molecule has 1 fully saturated rings. The molecule has 2 heterocycles. The number of rotatable bonds is 5. The number of methoxy groups -OCH3 is 2. The average molecular weight is 328 g/mol. The van der Waals surface area contributed by atoms with Crippen molar-refractivity contribution < 1.29 is 14.3 Å². The van der Waals surface area contributed by atoms with E-state index in [1.165, 1.54) is 19.8 Å². The number of carbonyl (C=O) groups excluding carboxylic acids is 1. The number of carbonyl (C=O) groups is 1. The molecule has 2 aromatic rings. The van der Waals surface area contributed by atoms with Crippen molar-refractivity contribution in [1.29, 1.82) is 0 Å². The number of amides is 1. The van der Waals surface area contributed by atoms with Crippen LogP contribution in [0.25, 0.3) is 0 Å². The van der Waals surface area contributed by atoms with Gasteiger partial charge in [-0.05, 0) is 18.9 Å². The number of hydrogen-bond donors (Lipinski definition) is 0. The van der Waals surface area contributed by atoms with Crippen LogP contribution in [0, 0.1) is 6.92 Å². The van der Waals surface area contributed by atoms with E-state index in [-0.39, 0.29) is 24.0 Å². The molecule has 0 radical (unpaired) electrons. The van der Waals surface area contributed by atoms with E-state index in [1.54, 1.807) is 4.90 Å². The number of benzene rings is 1. The van der Waals surface area contributed by atoms with Crippen molar-refractivity contribution in [3.05, 3.63) is 41.2 Å². The first kappa shape index (κ1) is 16.2. The second-order valence-electron chi connectivity index (χ2n) is 5.73. The highest BCUT2D eigenvalue weighted by molar-refractivity contribution is 5.78. The Bertz CT molecular complexity index is 711. The molecule has 1 unspecified atom stereocenters. The Balaban J connectivity index is 1.88. The summed E-state index contributed by atoms with van der Waals surface area (Å²) in [6.07, 6.45) is 1.15. The van der Waals surface area contributed by atoms with E-state index in [4.69, 9.17) is 9.47 Å². The van der Waals surface area contributed by atoms with Gasteiger partial charge in [0.05, 0.1) is 20.3 Å². The van der Waals surface area contributed by atoms with Crippen LogP contribution in [0.15, 0.2) is 24.3 Å². The number of ether oxygens (including phenoxy) is 2. The fraction of sp³-hybridized carbons (Fsp3) is 0.412. The third kappa shape index (κ3) is 3.29. The minimum Gasteiger partial charge on any atom is -0.467 e. The summed E-state index contributed by atoms with van der Waals surface area (Å²) >= 11 is 0. The van der Waals surface area contributed by atoms with E-state index in [9.17, 15) is 4.79 Å². The topological polar surface area (TPSA) is 77.4 Å². The molecule has 7 heteroatoms. The van der Waals surface area contributed by atoms with Crippen molar-refractivity contribution in [2.24, 2.45) is 0 Å². The molecule has 1 aromatic heterocycles. The van der Waals surface area contributed by atoms with Crippen LogP contribution in [-0.2, 0) is 11.3 Å². The Morgan fingerprint density at radius 2 is 1.71 bits per heavy atom. The third-order valence-electron chi connectivity index (χ3n) is 4.08. The predicted molar refractivity (Wildman–Crippen MR) is 86.6 cm³/mol. The minimum atomic E-state index is -0.204. The summed E-state index contributed by atoms with van der Waals surface area (Å²) in [5, 5.41) is 0. The molecule has 0 spiro atoms. The van der Waals surface area contributed by atoms with E-state index >= 15 is 0 Å². The maximum atomic E-state index is 12.3. The minimum absolute atomic E-state index is 0.0962. The van der Waals surface area contributed by atoms with Crippen LogP contribution in [0.3, 0.4) is 0 Å². The maximum absolute atomic E-state index is 12.3. The van der Waals surface area contributed by atoms with Gasteiger partial charge in [-0.15, -0.1) is 4.98 Å². The van der Waals surface area contributed by atoms with E-state index in [0.29, 0.717) is 25.2 Å². The van der Waals surface area contributed by atoms with E-state index in [1.807, 2.05) is 31.2 Å². The summed E-state index contributed by atoms with van der Waals surface area (Å²) in [6, 6.07) is 8.32. The van der Waals surface area contributed by atoms with Gasteiger partial charge in [0, 0.05) is 13.0 Å². The first-order valence-electron chi connectivity index (χ1n) is 7.79. The molecular formula is C17H20N4O3. The van der Waals surface area contributed by atoms with E-state index < -0.39 is 0 Å². The molecule has 0 bridgehead atoms. The number of nitrogens with zero attached hydrogens (tertiary/aromatic N) is 4. The van der Waals surface area contributed by atoms with Crippen molar-refractivity contribution >= 4 is 5.91 Å². The van der Waals surface area contributed by atoms with Gasteiger partial charge in [-0.2, -0.15) is 9.97 Å². The van der Waals surface area contributed by atoms with Crippen molar-refractivity contribution in [3.8, 4) is 12.0 Å². The fourth-order valence-electron chi connectivity index (χ4n) is 2.77. The Morgan fingerprint density at radius 1 is 1.08 bits per heavy atom. The predicted octanol–water partition coefficient (Wildman–Crippen LogP) is 2.06. The van der Waals surface area contributed by atoms with Crippen LogP contribution >= 0.6 is 0 Å². The van der Waals surface area contributed by atoms with Gasteiger partial charge in [0.15, 0.2) is 5.82 Å². The molecule has 1 atom stereocenters. The van der Waals surface area contributed by atoms with Gasteiger partial charge >= 0.3 is 12.0 Å². The molecule has 1 saturated heterocycles. The SMILES string of the molecule is COc1nc(OC)nc(C2CCC(=O)N2Cc2ccc(C)cc2)n1. The molecule has 7 nitrogen and oxygen atoms in total. The maximum Gasteiger partial charge on any atom is 0.322 e. The monoisotopic (exact) mass is 328 g/mol.